The summed E-state index contributed by atoms with van der Waals surface area (Å²) in [6.07, 6.45) is 3.49. The van der Waals surface area contributed by atoms with E-state index in [4.69, 9.17) is 0 Å². The average Bonchev–Trinajstić information content (AvgIpc) is 2.63. The lowest BCUT2D eigenvalue weighted by atomic mass is 10.1. The van der Waals surface area contributed by atoms with Gasteiger partial charge < -0.3 is 0 Å². The molecule has 0 spiro atoms. The molecule has 1 heterocycles. The van der Waals surface area contributed by atoms with Gasteiger partial charge in [0.2, 0.25) is 0 Å². The molecule has 0 aliphatic carbocycles. The zero-order valence-electron chi connectivity index (χ0n) is 9.15. The Hall–Kier alpha value is -1.49. The zero-order valence-corrected chi connectivity index (χ0v) is 10.7. The minimum absolute atomic E-state index is 0.0938. The second kappa shape index (κ2) is 4.79. The molecule has 0 aliphatic rings. The third-order valence-corrected chi connectivity index (χ3v) is 3.03. The van der Waals surface area contributed by atoms with E-state index in [1.54, 1.807) is 36.3 Å². The standard InChI is InChI=1S/C12H10BrFN2O/c1-16-7-8(6-15-16)5-11(17)12-9(13)3-2-4-10(12)14/h2-4,6-7H,5H2,1H3. The molecule has 0 bridgehead atoms. The third-order valence-electron chi connectivity index (χ3n) is 2.36. The van der Waals surface area contributed by atoms with E-state index in [9.17, 15) is 9.18 Å². The first-order valence-electron chi connectivity index (χ1n) is 5.02. The van der Waals surface area contributed by atoms with Crippen LogP contribution >= 0.6 is 15.9 Å². The first-order valence-corrected chi connectivity index (χ1v) is 5.82. The van der Waals surface area contributed by atoms with E-state index < -0.39 is 5.82 Å². The molecule has 2 aromatic rings. The van der Waals surface area contributed by atoms with Crippen LogP contribution in [0.25, 0.3) is 0 Å². The number of carbonyl (C=O) groups excluding carboxylic acids is 1. The number of ketones is 1. The maximum atomic E-state index is 13.5. The maximum Gasteiger partial charge on any atom is 0.171 e. The van der Waals surface area contributed by atoms with Gasteiger partial charge in [-0.1, -0.05) is 6.07 Å². The fourth-order valence-corrected chi connectivity index (χ4v) is 2.16. The lowest BCUT2D eigenvalue weighted by Gasteiger charge is -2.03. The normalized spacial score (nSPS) is 10.5. The lowest BCUT2D eigenvalue weighted by Crippen LogP contribution is -2.06. The highest BCUT2D eigenvalue weighted by Gasteiger charge is 2.16. The largest absolute Gasteiger partial charge is 0.294 e. The number of benzene rings is 1. The van der Waals surface area contributed by atoms with E-state index in [0.717, 1.165) is 5.56 Å². The van der Waals surface area contributed by atoms with Crippen molar-refractivity contribution in [1.29, 1.82) is 0 Å². The summed E-state index contributed by atoms with van der Waals surface area (Å²) in [5.41, 5.74) is 0.865. The van der Waals surface area contributed by atoms with E-state index in [2.05, 4.69) is 21.0 Å². The van der Waals surface area contributed by atoms with Crippen molar-refractivity contribution in [1.82, 2.24) is 9.78 Å². The summed E-state index contributed by atoms with van der Waals surface area (Å²) in [4.78, 5) is 12.0. The Balaban J connectivity index is 2.26. The zero-order chi connectivity index (χ0) is 12.4. The molecule has 0 radical (unpaired) electrons. The van der Waals surface area contributed by atoms with Crippen molar-refractivity contribution in [3.8, 4) is 0 Å². The summed E-state index contributed by atoms with van der Waals surface area (Å²) >= 11 is 3.18. The summed E-state index contributed by atoms with van der Waals surface area (Å²) < 4.78 is 15.6. The van der Waals surface area contributed by atoms with Crippen molar-refractivity contribution in [2.24, 2.45) is 7.05 Å². The Morgan fingerprint density at radius 2 is 2.29 bits per heavy atom. The molecule has 0 aliphatic heterocycles. The first-order chi connectivity index (χ1) is 8.08. The van der Waals surface area contributed by atoms with Gasteiger partial charge in [-0.2, -0.15) is 5.10 Å². The number of Topliss-reactive ketones (excluding diaryl/α,β-unsaturated/α-hetero) is 1. The number of aryl methyl sites for hydroxylation is 1. The van der Waals surface area contributed by atoms with Crippen LogP contribution < -0.4 is 0 Å². The van der Waals surface area contributed by atoms with Crippen LogP contribution in [0.4, 0.5) is 4.39 Å². The quantitative estimate of drug-likeness (QED) is 0.817. The molecular weight excluding hydrogens is 287 g/mol. The van der Waals surface area contributed by atoms with Gasteiger partial charge in [0.1, 0.15) is 5.82 Å². The summed E-state index contributed by atoms with van der Waals surface area (Å²) in [7, 11) is 1.77. The fourth-order valence-electron chi connectivity index (χ4n) is 1.60. The number of nitrogens with zero attached hydrogens (tertiary/aromatic N) is 2. The molecular formula is C12H10BrFN2O. The number of halogens is 2. The molecule has 1 aromatic heterocycles. The molecule has 88 valence electrons. The van der Waals surface area contributed by atoms with Crippen LogP contribution in [-0.2, 0) is 13.5 Å². The van der Waals surface area contributed by atoms with E-state index in [-0.39, 0.29) is 17.8 Å². The topological polar surface area (TPSA) is 34.9 Å². The van der Waals surface area contributed by atoms with Crippen LogP contribution in [0.5, 0.6) is 0 Å². The highest BCUT2D eigenvalue weighted by atomic mass is 79.9. The van der Waals surface area contributed by atoms with Crippen LogP contribution in [0.15, 0.2) is 35.1 Å². The van der Waals surface area contributed by atoms with E-state index in [0.29, 0.717) is 4.47 Å². The second-order valence-corrected chi connectivity index (χ2v) is 4.57. The van der Waals surface area contributed by atoms with Crippen LogP contribution in [-0.4, -0.2) is 15.6 Å². The van der Waals surface area contributed by atoms with Crippen LogP contribution in [0.1, 0.15) is 15.9 Å². The van der Waals surface area contributed by atoms with Crippen molar-refractivity contribution in [3.05, 3.63) is 52.0 Å². The Labute approximate surface area is 106 Å². The van der Waals surface area contributed by atoms with Crippen molar-refractivity contribution in [2.45, 2.75) is 6.42 Å². The maximum absolute atomic E-state index is 13.5. The molecule has 17 heavy (non-hydrogen) atoms. The van der Waals surface area contributed by atoms with Crippen molar-refractivity contribution in [2.75, 3.05) is 0 Å². The van der Waals surface area contributed by atoms with Crippen molar-refractivity contribution in [3.63, 3.8) is 0 Å². The molecule has 2 rings (SSSR count). The van der Waals surface area contributed by atoms with Crippen molar-refractivity contribution >= 4 is 21.7 Å². The molecule has 0 unspecified atom stereocenters. The fraction of sp³-hybridized carbons (Fsp3) is 0.167. The predicted molar refractivity (Wildman–Crippen MR) is 65.3 cm³/mol. The Morgan fingerprint density at radius 3 is 2.88 bits per heavy atom. The Bertz CT molecular complexity index is 545. The van der Waals surface area contributed by atoms with Crippen LogP contribution in [0.3, 0.4) is 0 Å². The van der Waals surface area contributed by atoms with Gasteiger partial charge in [-0.15, -0.1) is 0 Å². The summed E-state index contributed by atoms with van der Waals surface area (Å²) in [5, 5.41) is 3.97. The minimum atomic E-state index is -0.506. The van der Waals surface area contributed by atoms with Gasteiger partial charge in [-0.05, 0) is 33.6 Å². The molecule has 0 saturated carbocycles. The van der Waals surface area contributed by atoms with Gasteiger partial charge in [-0.3, -0.25) is 9.48 Å². The van der Waals surface area contributed by atoms with Crippen molar-refractivity contribution < 1.29 is 9.18 Å². The summed E-state index contributed by atoms with van der Waals surface area (Å²) in [6.45, 7) is 0. The number of hydrogen-bond donors (Lipinski definition) is 0. The van der Waals surface area contributed by atoms with Gasteiger partial charge >= 0.3 is 0 Å². The summed E-state index contributed by atoms with van der Waals surface area (Å²) in [6, 6.07) is 4.49. The van der Waals surface area contributed by atoms with E-state index in [1.165, 1.54) is 6.07 Å². The monoisotopic (exact) mass is 296 g/mol. The SMILES string of the molecule is Cn1cc(CC(=O)c2c(F)cccc2Br)cn1. The Kier molecular flexibility index (Phi) is 3.38. The lowest BCUT2D eigenvalue weighted by molar-refractivity contribution is 0.0988. The molecule has 0 atom stereocenters. The highest BCUT2D eigenvalue weighted by Crippen LogP contribution is 2.21. The third kappa shape index (κ3) is 2.61. The molecule has 3 nitrogen and oxygen atoms in total. The second-order valence-electron chi connectivity index (χ2n) is 3.72. The minimum Gasteiger partial charge on any atom is -0.294 e. The van der Waals surface area contributed by atoms with Gasteiger partial charge in [0, 0.05) is 24.1 Å². The van der Waals surface area contributed by atoms with Gasteiger partial charge in [-0.25, -0.2) is 4.39 Å². The van der Waals surface area contributed by atoms with Gasteiger partial charge in [0.05, 0.1) is 11.8 Å². The average molecular weight is 297 g/mol. The van der Waals surface area contributed by atoms with E-state index in [1.807, 2.05) is 0 Å². The van der Waals surface area contributed by atoms with Gasteiger partial charge in [0.15, 0.2) is 5.78 Å². The summed E-state index contributed by atoms with van der Waals surface area (Å²) in [5.74, 6) is -0.767. The molecule has 0 N–H and O–H groups in total. The first kappa shape index (κ1) is 12.0. The molecule has 0 fully saturated rings. The highest BCUT2D eigenvalue weighted by molar-refractivity contribution is 9.10. The number of aromatic nitrogens is 2. The number of carbonyl (C=O) groups is 1. The molecule has 5 heteroatoms. The molecule has 0 amide bonds. The van der Waals surface area contributed by atoms with E-state index >= 15 is 0 Å². The van der Waals surface area contributed by atoms with Gasteiger partial charge in [0.25, 0.3) is 0 Å². The van der Waals surface area contributed by atoms with Crippen LogP contribution in [0, 0.1) is 5.82 Å². The number of hydrogen-bond acceptors (Lipinski definition) is 2. The number of rotatable bonds is 3. The smallest absolute Gasteiger partial charge is 0.171 e. The van der Waals surface area contributed by atoms with Crippen LogP contribution in [0.2, 0.25) is 0 Å². The molecule has 0 saturated heterocycles. The molecule has 1 aromatic carbocycles. The predicted octanol–water partition coefficient (Wildman–Crippen LogP) is 2.75. The Morgan fingerprint density at radius 1 is 1.53 bits per heavy atom.